The van der Waals surface area contributed by atoms with E-state index in [1.54, 1.807) is 4.57 Å². The molecular formula is C18H22N2O2. The quantitative estimate of drug-likeness (QED) is 0.874. The fourth-order valence-electron chi connectivity index (χ4n) is 3.18. The highest BCUT2D eigenvalue weighted by Gasteiger charge is 2.22. The third-order valence-corrected chi connectivity index (χ3v) is 4.33. The number of amides is 1. The van der Waals surface area contributed by atoms with Gasteiger partial charge in [-0.3, -0.25) is 9.59 Å². The van der Waals surface area contributed by atoms with E-state index in [1.165, 1.54) is 6.42 Å². The molecule has 0 radical (unpaired) electrons. The molecule has 3 rings (SSSR count). The number of benzene rings is 1. The average Bonchev–Trinajstić information content (AvgIpc) is 2.57. The van der Waals surface area contributed by atoms with Crippen molar-refractivity contribution in [3.63, 3.8) is 0 Å². The van der Waals surface area contributed by atoms with E-state index in [4.69, 9.17) is 0 Å². The molecule has 1 aromatic heterocycles. The summed E-state index contributed by atoms with van der Waals surface area (Å²) in [6, 6.07) is 9.38. The van der Waals surface area contributed by atoms with Gasteiger partial charge in [-0.2, -0.15) is 0 Å². The standard InChI is InChI=1S/C18H22N2O2/c1-2-10-20-16(18(22)19-11-6-3-7-12-19)13-14-8-4-5-9-15(14)17(20)21/h4-5,8-9,13H,2-3,6-7,10-12H2,1H3. The Bertz CT molecular complexity index is 742. The third kappa shape index (κ3) is 2.65. The van der Waals surface area contributed by atoms with Crippen LogP contribution in [0.1, 0.15) is 43.1 Å². The van der Waals surface area contributed by atoms with Crippen molar-refractivity contribution in [1.29, 1.82) is 0 Å². The van der Waals surface area contributed by atoms with E-state index in [2.05, 4.69) is 0 Å². The predicted octanol–water partition coefficient (Wildman–Crippen LogP) is 3.04. The molecule has 2 heterocycles. The summed E-state index contributed by atoms with van der Waals surface area (Å²) in [5, 5.41) is 1.53. The molecular weight excluding hydrogens is 276 g/mol. The number of nitrogens with zero attached hydrogens (tertiary/aromatic N) is 2. The van der Waals surface area contributed by atoms with E-state index in [-0.39, 0.29) is 11.5 Å². The SMILES string of the molecule is CCCn1c(C(=O)N2CCCCC2)cc2ccccc2c1=O. The Labute approximate surface area is 130 Å². The highest BCUT2D eigenvalue weighted by molar-refractivity contribution is 5.96. The summed E-state index contributed by atoms with van der Waals surface area (Å²) in [7, 11) is 0. The molecule has 0 bridgehead atoms. The minimum absolute atomic E-state index is 0.00370. The summed E-state index contributed by atoms with van der Waals surface area (Å²) >= 11 is 0. The predicted molar refractivity (Wildman–Crippen MR) is 88.3 cm³/mol. The highest BCUT2D eigenvalue weighted by Crippen LogP contribution is 2.17. The maximum Gasteiger partial charge on any atom is 0.270 e. The lowest BCUT2D eigenvalue weighted by Gasteiger charge is -2.27. The van der Waals surface area contributed by atoms with Crippen LogP contribution in [-0.2, 0) is 6.54 Å². The molecule has 0 saturated carbocycles. The van der Waals surface area contributed by atoms with Crippen LogP contribution in [0.15, 0.2) is 35.1 Å². The highest BCUT2D eigenvalue weighted by atomic mass is 16.2. The van der Waals surface area contributed by atoms with Crippen LogP contribution in [0.4, 0.5) is 0 Å². The van der Waals surface area contributed by atoms with E-state index in [0.29, 0.717) is 17.6 Å². The van der Waals surface area contributed by atoms with Gasteiger partial charge in [-0.25, -0.2) is 0 Å². The van der Waals surface area contributed by atoms with Gasteiger partial charge in [0.25, 0.3) is 11.5 Å². The molecule has 4 nitrogen and oxygen atoms in total. The van der Waals surface area contributed by atoms with E-state index >= 15 is 0 Å². The van der Waals surface area contributed by atoms with Crippen LogP contribution in [0.25, 0.3) is 10.8 Å². The van der Waals surface area contributed by atoms with Crippen LogP contribution in [0.2, 0.25) is 0 Å². The van der Waals surface area contributed by atoms with Crippen molar-refractivity contribution >= 4 is 16.7 Å². The lowest BCUT2D eigenvalue weighted by Crippen LogP contribution is -2.39. The van der Waals surface area contributed by atoms with Crippen molar-refractivity contribution in [1.82, 2.24) is 9.47 Å². The first-order chi connectivity index (χ1) is 10.7. The molecule has 0 unspecified atom stereocenters. The number of carbonyl (C=O) groups excluding carboxylic acids is 1. The Morgan fingerprint density at radius 3 is 2.59 bits per heavy atom. The molecule has 1 fully saturated rings. The fraction of sp³-hybridized carbons (Fsp3) is 0.444. The summed E-state index contributed by atoms with van der Waals surface area (Å²) in [4.78, 5) is 27.5. The molecule has 22 heavy (non-hydrogen) atoms. The van der Waals surface area contributed by atoms with Gasteiger partial charge >= 0.3 is 0 Å². The monoisotopic (exact) mass is 298 g/mol. The van der Waals surface area contributed by atoms with Gasteiger partial charge in [0.1, 0.15) is 5.69 Å². The maximum absolute atomic E-state index is 12.9. The van der Waals surface area contributed by atoms with Crippen molar-refractivity contribution in [3.8, 4) is 0 Å². The Kier molecular flexibility index (Phi) is 4.27. The first-order valence-corrected chi connectivity index (χ1v) is 8.14. The van der Waals surface area contributed by atoms with E-state index in [1.807, 2.05) is 42.2 Å². The fourth-order valence-corrected chi connectivity index (χ4v) is 3.18. The molecule has 4 heteroatoms. The Balaban J connectivity index is 2.12. The zero-order valence-corrected chi connectivity index (χ0v) is 13.0. The van der Waals surface area contributed by atoms with Crippen molar-refractivity contribution in [2.75, 3.05) is 13.1 Å². The summed E-state index contributed by atoms with van der Waals surface area (Å²) in [6.07, 6.45) is 4.12. The number of hydrogen-bond donors (Lipinski definition) is 0. The minimum atomic E-state index is -0.0553. The van der Waals surface area contributed by atoms with Gasteiger partial charge in [-0.15, -0.1) is 0 Å². The molecule has 116 valence electrons. The Morgan fingerprint density at radius 2 is 1.86 bits per heavy atom. The number of carbonyl (C=O) groups is 1. The van der Waals surface area contributed by atoms with Gasteiger partial charge < -0.3 is 9.47 Å². The van der Waals surface area contributed by atoms with Crippen LogP contribution in [0.3, 0.4) is 0 Å². The number of aromatic nitrogens is 1. The molecule has 2 aromatic rings. The molecule has 0 spiro atoms. The van der Waals surface area contributed by atoms with Gasteiger partial charge in [0.2, 0.25) is 0 Å². The first kappa shape index (κ1) is 14.8. The third-order valence-electron chi connectivity index (χ3n) is 4.33. The van der Waals surface area contributed by atoms with Gasteiger partial charge in [-0.1, -0.05) is 25.1 Å². The summed E-state index contributed by atoms with van der Waals surface area (Å²) in [6.45, 7) is 4.20. The summed E-state index contributed by atoms with van der Waals surface area (Å²) in [5.74, 6) is -0.00370. The van der Waals surface area contributed by atoms with Crippen LogP contribution in [0, 0.1) is 0 Å². The minimum Gasteiger partial charge on any atom is -0.337 e. The molecule has 1 aliphatic rings. The Hall–Kier alpha value is -2.10. The van der Waals surface area contributed by atoms with Crippen LogP contribution < -0.4 is 5.56 Å². The van der Waals surface area contributed by atoms with Crippen molar-refractivity contribution in [3.05, 3.63) is 46.4 Å². The molecule has 0 aliphatic carbocycles. The van der Waals surface area contributed by atoms with E-state index < -0.39 is 0 Å². The molecule has 1 amide bonds. The normalized spacial score (nSPS) is 15.2. The number of pyridine rings is 1. The van der Waals surface area contributed by atoms with Crippen LogP contribution in [0.5, 0.6) is 0 Å². The first-order valence-electron chi connectivity index (χ1n) is 8.14. The number of piperidine rings is 1. The largest absolute Gasteiger partial charge is 0.337 e. The van der Waals surface area contributed by atoms with E-state index in [0.717, 1.165) is 37.7 Å². The van der Waals surface area contributed by atoms with Crippen molar-refractivity contribution in [2.24, 2.45) is 0 Å². The zero-order chi connectivity index (χ0) is 15.5. The van der Waals surface area contributed by atoms with Crippen LogP contribution in [-0.4, -0.2) is 28.5 Å². The number of fused-ring (bicyclic) bond motifs is 1. The lowest BCUT2D eigenvalue weighted by atomic mass is 10.1. The van der Waals surface area contributed by atoms with Crippen LogP contribution >= 0.6 is 0 Å². The van der Waals surface area contributed by atoms with Crippen molar-refractivity contribution < 1.29 is 4.79 Å². The van der Waals surface area contributed by atoms with Gasteiger partial charge in [-0.05, 0) is 43.2 Å². The van der Waals surface area contributed by atoms with E-state index in [9.17, 15) is 9.59 Å². The second kappa shape index (κ2) is 6.34. The topological polar surface area (TPSA) is 42.3 Å². The van der Waals surface area contributed by atoms with Gasteiger partial charge in [0, 0.05) is 25.0 Å². The number of rotatable bonds is 3. The molecule has 1 aliphatic heterocycles. The second-order valence-electron chi connectivity index (χ2n) is 5.93. The molecule has 0 N–H and O–H groups in total. The maximum atomic E-state index is 12.9. The number of likely N-dealkylation sites (tertiary alicyclic amines) is 1. The summed E-state index contributed by atoms with van der Waals surface area (Å²) in [5.41, 5.74) is 0.479. The molecule has 0 atom stereocenters. The Morgan fingerprint density at radius 1 is 1.14 bits per heavy atom. The lowest BCUT2D eigenvalue weighted by molar-refractivity contribution is 0.0712. The summed E-state index contributed by atoms with van der Waals surface area (Å²) < 4.78 is 1.65. The number of hydrogen-bond acceptors (Lipinski definition) is 2. The molecule has 1 aromatic carbocycles. The smallest absolute Gasteiger partial charge is 0.270 e. The van der Waals surface area contributed by atoms with Gasteiger partial charge in [0.15, 0.2) is 0 Å². The average molecular weight is 298 g/mol. The zero-order valence-electron chi connectivity index (χ0n) is 13.0. The molecule has 1 saturated heterocycles. The second-order valence-corrected chi connectivity index (χ2v) is 5.93. The van der Waals surface area contributed by atoms with Crippen molar-refractivity contribution in [2.45, 2.75) is 39.2 Å². The van der Waals surface area contributed by atoms with Gasteiger partial charge in [0.05, 0.1) is 0 Å².